The first-order valence-electron chi connectivity index (χ1n) is 10.0. The van der Waals surface area contributed by atoms with Crippen LogP contribution in [0.3, 0.4) is 0 Å². The lowest BCUT2D eigenvalue weighted by Gasteiger charge is -2.11. The molecule has 4 rings (SSSR count). The van der Waals surface area contributed by atoms with Crippen LogP contribution in [0.4, 0.5) is 11.4 Å². The molecule has 0 atom stereocenters. The maximum absolute atomic E-state index is 12.6. The zero-order valence-corrected chi connectivity index (χ0v) is 18.7. The standard InChI is InChI=1S/C23H20N6O3S/c1-15-3-6-18(7-4-15)28-22(17-9-11-24-12-10-17)26-27-23(28)33-14-21(30)25-19-8-5-16(2)13-20(19)29(31)32/h3-13H,14H2,1-2H3,(H,25,30). The topological polar surface area (TPSA) is 116 Å². The molecular formula is C23H20N6O3S. The van der Waals surface area contributed by atoms with Crippen molar-refractivity contribution in [1.82, 2.24) is 19.7 Å². The molecule has 0 aliphatic carbocycles. The number of aromatic nitrogens is 4. The largest absolute Gasteiger partial charge is 0.320 e. The molecule has 33 heavy (non-hydrogen) atoms. The van der Waals surface area contributed by atoms with Gasteiger partial charge < -0.3 is 5.32 Å². The molecule has 0 fully saturated rings. The first-order valence-corrected chi connectivity index (χ1v) is 11.0. The summed E-state index contributed by atoms with van der Waals surface area (Å²) in [7, 11) is 0. The molecule has 0 spiro atoms. The summed E-state index contributed by atoms with van der Waals surface area (Å²) >= 11 is 1.20. The number of aryl methyl sites for hydroxylation is 2. The number of carbonyl (C=O) groups excluding carboxylic acids is 1. The molecule has 4 aromatic rings. The third-order valence-corrected chi connectivity index (χ3v) is 5.75. The highest BCUT2D eigenvalue weighted by Gasteiger charge is 2.19. The lowest BCUT2D eigenvalue weighted by atomic mass is 10.2. The Labute approximate surface area is 194 Å². The molecule has 2 aromatic heterocycles. The van der Waals surface area contributed by atoms with Gasteiger partial charge in [-0.25, -0.2) is 0 Å². The number of carbonyl (C=O) groups is 1. The summed E-state index contributed by atoms with van der Waals surface area (Å²) in [6.45, 7) is 3.76. The Balaban J connectivity index is 1.59. The predicted octanol–water partition coefficient (Wildman–Crippen LogP) is 4.59. The molecule has 0 saturated carbocycles. The van der Waals surface area contributed by atoms with Crippen molar-refractivity contribution >= 4 is 29.0 Å². The predicted molar refractivity (Wildman–Crippen MR) is 127 cm³/mol. The molecule has 0 bridgehead atoms. The van der Waals surface area contributed by atoms with Crippen molar-refractivity contribution in [2.45, 2.75) is 19.0 Å². The number of nitro benzene ring substituents is 1. The average molecular weight is 461 g/mol. The summed E-state index contributed by atoms with van der Waals surface area (Å²) in [5, 5.41) is 23.1. The number of nitrogens with one attached hydrogen (secondary N) is 1. The molecular weight excluding hydrogens is 440 g/mol. The van der Waals surface area contributed by atoms with E-state index >= 15 is 0 Å². The zero-order chi connectivity index (χ0) is 23.4. The quantitative estimate of drug-likeness (QED) is 0.244. The van der Waals surface area contributed by atoms with E-state index < -0.39 is 4.92 Å². The minimum absolute atomic E-state index is 0.00533. The molecule has 0 aliphatic rings. The van der Waals surface area contributed by atoms with Gasteiger partial charge in [-0.2, -0.15) is 0 Å². The van der Waals surface area contributed by atoms with Crippen molar-refractivity contribution < 1.29 is 9.72 Å². The molecule has 2 heterocycles. The summed E-state index contributed by atoms with van der Waals surface area (Å²) in [6, 6.07) is 16.3. The first kappa shape index (κ1) is 22.2. The van der Waals surface area contributed by atoms with Crippen LogP contribution in [0.2, 0.25) is 0 Å². The van der Waals surface area contributed by atoms with Gasteiger partial charge in [-0.3, -0.25) is 24.5 Å². The van der Waals surface area contributed by atoms with Crippen molar-refractivity contribution in [3.05, 3.63) is 88.2 Å². The van der Waals surface area contributed by atoms with Gasteiger partial charge in [0.1, 0.15) is 5.69 Å². The van der Waals surface area contributed by atoms with Gasteiger partial charge in [-0.05, 0) is 49.7 Å². The van der Waals surface area contributed by atoms with Gasteiger partial charge in [-0.15, -0.1) is 10.2 Å². The highest BCUT2D eigenvalue weighted by molar-refractivity contribution is 7.99. The van der Waals surface area contributed by atoms with Crippen LogP contribution in [-0.2, 0) is 4.79 Å². The molecule has 0 unspecified atom stereocenters. The summed E-state index contributed by atoms with van der Waals surface area (Å²) in [4.78, 5) is 27.5. The highest BCUT2D eigenvalue weighted by Crippen LogP contribution is 2.29. The number of anilines is 1. The summed E-state index contributed by atoms with van der Waals surface area (Å²) in [5.41, 5.74) is 3.57. The van der Waals surface area contributed by atoms with Crippen molar-refractivity contribution in [1.29, 1.82) is 0 Å². The normalized spacial score (nSPS) is 10.7. The second kappa shape index (κ2) is 9.61. The Hall–Kier alpha value is -4.05. The molecule has 0 saturated heterocycles. The number of amides is 1. The van der Waals surface area contributed by atoms with Gasteiger partial charge in [0, 0.05) is 29.7 Å². The van der Waals surface area contributed by atoms with Gasteiger partial charge in [0.05, 0.1) is 10.7 Å². The van der Waals surface area contributed by atoms with E-state index in [1.807, 2.05) is 47.9 Å². The third kappa shape index (κ3) is 5.07. The zero-order valence-electron chi connectivity index (χ0n) is 17.9. The second-order valence-electron chi connectivity index (χ2n) is 7.33. The number of rotatable bonds is 7. The SMILES string of the molecule is Cc1ccc(-n2c(SCC(=O)Nc3ccc(C)cc3[N+](=O)[O-])nnc2-c2ccncc2)cc1. The van der Waals surface area contributed by atoms with Crippen LogP contribution < -0.4 is 5.32 Å². The van der Waals surface area contributed by atoms with E-state index in [1.165, 1.54) is 23.9 Å². The Morgan fingerprint density at radius 2 is 1.73 bits per heavy atom. The summed E-state index contributed by atoms with van der Waals surface area (Å²) in [6.07, 6.45) is 3.36. The molecule has 1 amide bonds. The number of pyridine rings is 1. The van der Waals surface area contributed by atoms with Crippen LogP contribution in [-0.4, -0.2) is 36.3 Å². The van der Waals surface area contributed by atoms with Gasteiger partial charge in [-0.1, -0.05) is 35.5 Å². The minimum atomic E-state index is -0.509. The fourth-order valence-electron chi connectivity index (χ4n) is 3.19. The average Bonchev–Trinajstić information content (AvgIpc) is 3.24. The van der Waals surface area contributed by atoms with Crippen LogP contribution in [0.15, 0.2) is 72.1 Å². The number of benzene rings is 2. The van der Waals surface area contributed by atoms with Crippen LogP contribution in [0.5, 0.6) is 0 Å². The molecule has 10 heteroatoms. The number of thioether (sulfide) groups is 1. The lowest BCUT2D eigenvalue weighted by Crippen LogP contribution is -2.15. The Morgan fingerprint density at radius 1 is 1.03 bits per heavy atom. The van der Waals surface area contributed by atoms with Crippen molar-refractivity contribution in [2.24, 2.45) is 0 Å². The van der Waals surface area contributed by atoms with E-state index in [0.717, 1.165) is 22.4 Å². The van der Waals surface area contributed by atoms with E-state index in [9.17, 15) is 14.9 Å². The van der Waals surface area contributed by atoms with Gasteiger partial charge in [0.25, 0.3) is 5.69 Å². The highest BCUT2D eigenvalue weighted by atomic mass is 32.2. The van der Waals surface area contributed by atoms with Gasteiger partial charge >= 0.3 is 0 Å². The summed E-state index contributed by atoms with van der Waals surface area (Å²) in [5.74, 6) is 0.250. The summed E-state index contributed by atoms with van der Waals surface area (Å²) < 4.78 is 1.88. The first-order chi connectivity index (χ1) is 15.9. The molecule has 2 aromatic carbocycles. The Morgan fingerprint density at radius 3 is 2.42 bits per heavy atom. The molecule has 0 radical (unpaired) electrons. The monoisotopic (exact) mass is 460 g/mol. The van der Waals surface area contributed by atoms with E-state index in [2.05, 4.69) is 20.5 Å². The maximum atomic E-state index is 12.6. The fraction of sp³-hybridized carbons (Fsp3) is 0.130. The van der Waals surface area contributed by atoms with Crippen LogP contribution in [0.25, 0.3) is 17.1 Å². The minimum Gasteiger partial charge on any atom is -0.320 e. The van der Waals surface area contributed by atoms with E-state index in [1.54, 1.807) is 25.4 Å². The number of hydrogen-bond donors (Lipinski definition) is 1. The fourth-order valence-corrected chi connectivity index (χ4v) is 3.94. The smallest absolute Gasteiger partial charge is 0.293 e. The molecule has 1 N–H and O–H groups in total. The number of nitrogens with zero attached hydrogens (tertiary/aromatic N) is 5. The van der Waals surface area contributed by atoms with E-state index in [4.69, 9.17) is 0 Å². The molecule has 0 aliphatic heterocycles. The van der Waals surface area contributed by atoms with Crippen LogP contribution in [0, 0.1) is 24.0 Å². The second-order valence-corrected chi connectivity index (χ2v) is 8.27. The van der Waals surface area contributed by atoms with Gasteiger partial charge in [0.15, 0.2) is 11.0 Å². The van der Waals surface area contributed by atoms with Crippen molar-refractivity contribution in [3.8, 4) is 17.1 Å². The van der Waals surface area contributed by atoms with Crippen molar-refractivity contribution in [2.75, 3.05) is 11.1 Å². The van der Waals surface area contributed by atoms with Gasteiger partial charge in [0.2, 0.25) is 5.91 Å². The molecule has 9 nitrogen and oxygen atoms in total. The van der Waals surface area contributed by atoms with Crippen LogP contribution in [0.1, 0.15) is 11.1 Å². The van der Waals surface area contributed by atoms with E-state index in [0.29, 0.717) is 11.0 Å². The van der Waals surface area contributed by atoms with E-state index in [-0.39, 0.29) is 23.0 Å². The Bertz CT molecular complexity index is 1310. The Kier molecular flexibility index (Phi) is 6.45. The van der Waals surface area contributed by atoms with Crippen molar-refractivity contribution in [3.63, 3.8) is 0 Å². The van der Waals surface area contributed by atoms with Crippen LogP contribution >= 0.6 is 11.8 Å². The lowest BCUT2D eigenvalue weighted by molar-refractivity contribution is -0.384. The number of nitro groups is 1. The number of hydrogen-bond acceptors (Lipinski definition) is 7. The molecule has 166 valence electrons. The third-order valence-electron chi connectivity index (χ3n) is 4.82. The maximum Gasteiger partial charge on any atom is 0.293 e.